The molecule has 0 aromatic heterocycles. The lowest BCUT2D eigenvalue weighted by molar-refractivity contribution is 0.352. The van der Waals surface area contributed by atoms with Gasteiger partial charge in [0.15, 0.2) is 0 Å². The Morgan fingerprint density at radius 1 is 1.21 bits per heavy atom. The largest absolute Gasteiger partial charge is 0.314 e. The third-order valence-corrected chi connectivity index (χ3v) is 5.02. The van der Waals surface area contributed by atoms with Crippen LogP contribution in [-0.4, -0.2) is 38.9 Å². The number of nitrogens with one attached hydrogen (secondary N) is 2. The molecule has 2 N–H and O–H groups in total. The summed E-state index contributed by atoms with van der Waals surface area (Å²) in [6, 6.07) is 7.68. The lowest BCUT2D eigenvalue weighted by Crippen LogP contribution is -2.50. The van der Waals surface area contributed by atoms with Crippen molar-refractivity contribution in [3.8, 4) is 0 Å². The summed E-state index contributed by atoms with van der Waals surface area (Å²) in [5.41, 5.74) is 2.14. The minimum Gasteiger partial charge on any atom is -0.314 e. The SMILES string of the molecule is Cc1ccc(C(C)NS(=O)(=O)N2CCNCC2)cc1. The molecule has 106 valence electrons. The molecule has 5 nitrogen and oxygen atoms in total. The molecule has 19 heavy (non-hydrogen) atoms. The van der Waals surface area contributed by atoms with E-state index in [2.05, 4.69) is 10.0 Å². The van der Waals surface area contributed by atoms with Crippen molar-refractivity contribution in [3.63, 3.8) is 0 Å². The van der Waals surface area contributed by atoms with Crippen LogP contribution in [0.25, 0.3) is 0 Å². The predicted octanol–water partition coefficient (Wildman–Crippen LogP) is 0.796. The maximum atomic E-state index is 12.2. The number of hydrogen-bond donors (Lipinski definition) is 2. The monoisotopic (exact) mass is 283 g/mol. The minimum atomic E-state index is -3.40. The first-order valence-electron chi connectivity index (χ1n) is 6.54. The fraction of sp³-hybridized carbons (Fsp3) is 0.538. The molecule has 0 aliphatic carbocycles. The second kappa shape index (κ2) is 6.00. The zero-order valence-electron chi connectivity index (χ0n) is 11.4. The highest BCUT2D eigenvalue weighted by Gasteiger charge is 2.25. The number of benzene rings is 1. The Balaban J connectivity index is 2.04. The first-order valence-corrected chi connectivity index (χ1v) is 7.98. The van der Waals surface area contributed by atoms with E-state index in [4.69, 9.17) is 0 Å². The molecular formula is C13H21N3O2S. The zero-order chi connectivity index (χ0) is 13.9. The summed E-state index contributed by atoms with van der Waals surface area (Å²) in [5, 5.41) is 3.14. The molecular weight excluding hydrogens is 262 g/mol. The molecule has 1 heterocycles. The van der Waals surface area contributed by atoms with Gasteiger partial charge >= 0.3 is 0 Å². The van der Waals surface area contributed by atoms with Crippen LogP contribution in [0.5, 0.6) is 0 Å². The van der Waals surface area contributed by atoms with Crippen molar-refractivity contribution >= 4 is 10.2 Å². The van der Waals surface area contributed by atoms with Crippen molar-refractivity contribution in [2.75, 3.05) is 26.2 Å². The van der Waals surface area contributed by atoms with E-state index in [0.29, 0.717) is 26.2 Å². The second-order valence-electron chi connectivity index (χ2n) is 4.90. The molecule has 1 unspecified atom stereocenters. The van der Waals surface area contributed by atoms with Crippen LogP contribution in [-0.2, 0) is 10.2 Å². The Morgan fingerprint density at radius 3 is 2.37 bits per heavy atom. The molecule has 2 rings (SSSR count). The number of nitrogens with zero attached hydrogens (tertiary/aromatic N) is 1. The van der Waals surface area contributed by atoms with E-state index >= 15 is 0 Å². The van der Waals surface area contributed by atoms with Crippen LogP contribution in [0, 0.1) is 6.92 Å². The maximum absolute atomic E-state index is 12.2. The normalized spacial score (nSPS) is 19.3. The lowest BCUT2D eigenvalue weighted by Gasteiger charge is -2.28. The summed E-state index contributed by atoms with van der Waals surface area (Å²) >= 11 is 0. The fourth-order valence-electron chi connectivity index (χ4n) is 2.11. The van der Waals surface area contributed by atoms with Crippen molar-refractivity contribution in [1.82, 2.24) is 14.3 Å². The summed E-state index contributed by atoms with van der Waals surface area (Å²) in [6.45, 7) is 6.34. The highest BCUT2D eigenvalue weighted by Crippen LogP contribution is 2.15. The van der Waals surface area contributed by atoms with E-state index in [1.807, 2.05) is 38.1 Å². The first-order chi connectivity index (χ1) is 8.99. The van der Waals surface area contributed by atoms with Gasteiger partial charge in [-0.05, 0) is 19.4 Å². The van der Waals surface area contributed by atoms with Crippen LogP contribution in [0.3, 0.4) is 0 Å². The average Bonchev–Trinajstić information content (AvgIpc) is 2.40. The standard InChI is InChI=1S/C13H21N3O2S/c1-11-3-5-13(6-4-11)12(2)15-19(17,18)16-9-7-14-8-10-16/h3-6,12,14-15H,7-10H2,1-2H3. The van der Waals surface area contributed by atoms with Crippen molar-refractivity contribution in [2.45, 2.75) is 19.9 Å². The van der Waals surface area contributed by atoms with Crippen LogP contribution in [0.15, 0.2) is 24.3 Å². The Morgan fingerprint density at radius 2 is 1.79 bits per heavy atom. The number of aryl methyl sites for hydroxylation is 1. The van der Waals surface area contributed by atoms with E-state index < -0.39 is 10.2 Å². The molecule has 1 aliphatic heterocycles. The topological polar surface area (TPSA) is 61.4 Å². The molecule has 0 spiro atoms. The number of rotatable bonds is 4. The summed E-state index contributed by atoms with van der Waals surface area (Å²) in [7, 11) is -3.40. The van der Waals surface area contributed by atoms with Gasteiger partial charge in [-0.3, -0.25) is 0 Å². The smallest absolute Gasteiger partial charge is 0.280 e. The molecule has 6 heteroatoms. The molecule has 1 saturated heterocycles. The van der Waals surface area contributed by atoms with Gasteiger partial charge in [-0.1, -0.05) is 29.8 Å². The second-order valence-corrected chi connectivity index (χ2v) is 6.61. The number of piperazine rings is 1. The zero-order valence-corrected chi connectivity index (χ0v) is 12.2. The molecule has 0 radical (unpaired) electrons. The van der Waals surface area contributed by atoms with Crippen LogP contribution < -0.4 is 10.0 Å². The van der Waals surface area contributed by atoms with Gasteiger partial charge < -0.3 is 5.32 Å². The van der Waals surface area contributed by atoms with Crippen LogP contribution in [0.1, 0.15) is 24.1 Å². The molecule has 1 aromatic rings. The Bertz CT molecular complexity index is 507. The van der Waals surface area contributed by atoms with Crippen molar-refractivity contribution in [2.24, 2.45) is 0 Å². The van der Waals surface area contributed by atoms with Gasteiger partial charge in [-0.2, -0.15) is 17.4 Å². The molecule has 1 fully saturated rings. The summed E-state index contributed by atoms with van der Waals surface area (Å²) < 4.78 is 28.7. The summed E-state index contributed by atoms with van der Waals surface area (Å²) in [4.78, 5) is 0. The molecule has 1 atom stereocenters. The highest BCUT2D eigenvalue weighted by molar-refractivity contribution is 7.87. The quantitative estimate of drug-likeness (QED) is 0.859. The fourth-order valence-corrected chi connectivity index (χ4v) is 3.50. The van der Waals surface area contributed by atoms with Gasteiger partial charge in [0, 0.05) is 32.2 Å². The van der Waals surface area contributed by atoms with Crippen molar-refractivity contribution in [1.29, 1.82) is 0 Å². The third-order valence-electron chi connectivity index (χ3n) is 3.32. The van der Waals surface area contributed by atoms with Crippen LogP contribution in [0.4, 0.5) is 0 Å². The highest BCUT2D eigenvalue weighted by atomic mass is 32.2. The molecule has 0 amide bonds. The van der Waals surface area contributed by atoms with E-state index in [-0.39, 0.29) is 6.04 Å². The van der Waals surface area contributed by atoms with E-state index in [1.165, 1.54) is 9.87 Å². The molecule has 1 aliphatic rings. The summed E-state index contributed by atoms with van der Waals surface area (Å²) in [6.07, 6.45) is 0. The Hall–Kier alpha value is -0.950. The van der Waals surface area contributed by atoms with Gasteiger partial charge in [0.05, 0.1) is 0 Å². The predicted molar refractivity (Wildman–Crippen MR) is 76.1 cm³/mol. The van der Waals surface area contributed by atoms with Gasteiger partial charge in [-0.15, -0.1) is 0 Å². The van der Waals surface area contributed by atoms with E-state index in [0.717, 1.165) is 5.56 Å². The molecule has 0 bridgehead atoms. The Labute approximate surface area is 115 Å². The van der Waals surface area contributed by atoms with Gasteiger partial charge in [0.1, 0.15) is 0 Å². The molecule has 0 saturated carbocycles. The van der Waals surface area contributed by atoms with Gasteiger partial charge in [0.25, 0.3) is 10.2 Å². The van der Waals surface area contributed by atoms with Crippen molar-refractivity contribution < 1.29 is 8.42 Å². The first kappa shape index (κ1) is 14.5. The van der Waals surface area contributed by atoms with Crippen LogP contribution in [0.2, 0.25) is 0 Å². The van der Waals surface area contributed by atoms with E-state index in [9.17, 15) is 8.42 Å². The number of hydrogen-bond acceptors (Lipinski definition) is 3. The Kier molecular flexibility index (Phi) is 4.57. The third kappa shape index (κ3) is 3.76. The van der Waals surface area contributed by atoms with E-state index in [1.54, 1.807) is 0 Å². The van der Waals surface area contributed by atoms with Crippen LogP contribution >= 0.6 is 0 Å². The average molecular weight is 283 g/mol. The lowest BCUT2D eigenvalue weighted by atomic mass is 10.1. The molecule has 1 aromatic carbocycles. The van der Waals surface area contributed by atoms with Gasteiger partial charge in [0.2, 0.25) is 0 Å². The van der Waals surface area contributed by atoms with Gasteiger partial charge in [-0.25, -0.2) is 0 Å². The minimum absolute atomic E-state index is 0.222. The summed E-state index contributed by atoms with van der Waals surface area (Å²) in [5.74, 6) is 0. The maximum Gasteiger partial charge on any atom is 0.280 e. The van der Waals surface area contributed by atoms with Crippen molar-refractivity contribution in [3.05, 3.63) is 35.4 Å².